The first-order valence-electron chi connectivity index (χ1n) is 13.4. The molecule has 3 aliphatic heterocycles. The van der Waals surface area contributed by atoms with Crippen molar-refractivity contribution in [3.63, 3.8) is 0 Å². The molecular formula is C33H28N2O2+2. The average molecular weight is 485 g/mol. The fourth-order valence-corrected chi connectivity index (χ4v) is 6.89. The molecule has 37 heavy (non-hydrogen) atoms. The molecule has 8 rings (SSSR count). The van der Waals surface area contributed by atoms with E-state index < -0.39 is 6.03 Å². The molecule has 1 saturated heterocycles. The van der Waals surface area contributed by atoms with E-state index in [0.29, 0.717) is 0 Å². The van der Waals surface area contributed by atoms with Gasteiger partial charge in [-0.15, -0.1) is 0 Å². The molecule has 1 aliphatic carbocycles. The lowest BCUT2D eigenvalue weighted by Gasteiger charge is -2.31. The zero-order valence-corrected chi connectivity index (χ0v) is 20.6. The first kappa shape index (κ1) is 21.0. The molecule has 2 fully saturated rings. The SMILES string of the molecule is c1ccc(C2=[N+]3C4CCCCC4[N+]4=C(c5ccccc5)c5ccccc5OC34Oc3ccccc32)cc1. The summed E-state index contributed by atoms with van der Waals surface area (Å²) in [6, 6.07) is 37.8. The number of hydrogen-bond acceptors (Lipinski definition) is 2. The van der Waals surface area contributed by atoms with Crippen molar-refractivity contribution in [2.24, 2.45) is 0 Å². The van der Waals surface area contributed by atoms with Crippen LogP contribution >= 0.6 is 0 Å². The molecule has 0 amide bonds. The highest BCUT2D eigenvalue weighted by Gasteiger charge is 2.79. The Hall–Kier alpha value is -4.18. The standard InChI is InChI=1S/C33H28N2O2/c1-3-13-23(14-4-1)31-25-17-7-11-21-29(25)36-33-34(31)27-19-9-10-20-28(27)35(33)32(24-15-5-2-6-16-24)26-18-8-12-22-30(26)37-33/h1-8,11-18,21-22,27-28H,9-10,19-20H2/q+2. The highest BCUT2D eigenvalue weighted by molar-refractivity contribution is 6.13. The Labute approximate surface area is 216 Å². The summed E-state index contributed by atoms with van der Waals surface area (Å²) in [6.07, 6.45) is 4.62. The molecule has 3 heterocycles. The van der Waals surface area contributed by atoms with Gasteiger partial charge in [0.2, 0.25) is 23.5 Å². The number of fused-ring (bicyclic) bond motifs is 5. The van der Waals surface area contributed by atoms with E-state index in [4.69, 9.17) is 9.47 Å². The molecule has 4 aromatic carbocycles. The largest absolute Gasteiger partial charge is 0.705 e. The number of ether oxygens (including phenoxy) is 2. The van der Waals surface area contributed by atoms with Crippen LogP contribution in [0.4, 0.5) is 0 Å². The molecule has 0 radical (unpaired) electrons. The Morgan fingerprint density at radius 3 is 1.38 bits per heavy atom. The lowest BCUT2D eigenvalue weighted by atomic mass is 9.89. The molecule has 0 N–H and O–H groups in total. The highest BCUT2D eigenvalue weighted by atomic mass is 16.7. The quantitative estimate of drug-likeness (QED) is 0.336. The minimum atomic E-state index is -1.10. The fraction of sp³-hybridized carbons (Fsp3) is 0.212. The van der Waals surface area contributed by atoms with E-state index in [-0.39, 0.29) is 12.1 Å². The smallest absolute Gasteiger partial charge is 0.340 e. The van der Waals surface area contributed by atoms with E-state index >= 15 is 0 Å². The maximum Gasteiger partial charge on any atom is 0.705 e. The molecule has 180 valence electrons. The Morgan fingerprint density at radius 2 is 0.919 bits per heavy atom. The predicted molar refractivity (Wildman–Crippen MR) is 143 cm³/mol. The number of rotatable bonds is 2. The van der Waals surface area contributed by atoms with Gasteiger partial charge < -0.3 is 9.47 Å². The third-order valence-electron chi connectivity index (χ3n) is 8.31. The van der Waals surface area contributed by atoms with Crippen molar-refractivity contribution >= 4 is 11.4 Å². The van der Waals surface area contributed by atoms with Crippen LogP contribution in [0.3, 0.4) is 0 Å². The molecule has 1 saturated carbocycles. The van der Waals surface area contributed by atoms with Crippen molar-refractivity contribution < 1.29 is 18.6 Å². The van der Waals surface area contributed by atoms with Gasteiger partial charge in [-0.05, 0) is 61.4 Å². The monoisotopic (exact) mass is 484 g/mol. The van der Waals surface area contributed by atoms with Crippen LogP contribution in [0.25, 0.3) is 0 Å². The van der Waals surface area contributed by atoms with Gasteiger partial charge in [0.15, 0.2) is 11.5 Å². The van der Waals surface area contributed by atoms with Gasteiger partial charge in [-0.2, -0.15) is 0 Å². The summed E-state index contributed by atoms with van der Waals surface area (Å²) >= 11 is 0. The summed E-state index contributed by atoms with van der Waals surface area (Å²) < 4.78 is 19.1. The number of nitrogens with zero attached hydrogens (tertiary/aromatic N) is 2. The van der Waals surface area contributed by atoms with Crippen LogP contribution < -0.4 is 9.47 Å². The van der Waals surface area contributed by atoms with Gasteiger partial charge in [0.25, 0.3) is 0 Å². The second-order valence-electron chi connectivity index (χ2n) is 10.3. The molecule has 2 atom stereocenters. The van der Waals surface area contributed by atoms with Crippen molar-refractivity contribution in [2.75, 3.05) is 0 Å². The second kappa shape index (κ2) is 7.91. The minimum Gasteiger partial charge on any atom is -0.340 e. The van der Waals surface area contributed by atoms with Gasteiger partial charge >= 0.3 is 6.03 Å². The van der Waals surface area contributed by atoms with E-state index in [1.165, 1.54) is 35.4 Å². The lowest BCUT2D eigenvalue weighted by molar-refractivity contribution is -0.868. The molecule has 0 bridgehead atoms. The number of hydrogen-bond donors (Lipinski definition) is 0. The van der Waals surface area contributed by atoms with Crippen molar-refractivity contribution in [1.82, 2.24) is 0 Å². The zero-order chi connectivity index (χ0) is 24.4. The summed E-state index contributed by atoms with van der Waals surface area (Å²) in [6.45, 7) is 0. The topological polar surface area (TPSA) is 24.5 Å². The van der Waals surface area contributed by atoms with E-state index in [1.54, 1.807) is 0 Å². The molecule has 4 nitrogen and oxygen atoms in total. The summed E-state index contributed by atoms with van der Waals surface area (Å²) in [5, 5.41) is 0. The third-order valence-corrected chi connectivity index (χ3v) is 8.31. The normalized spacial score (nSPS) is 25.2. The average Bonchev–Trinajstić information content (AvgIpc) is 3.25. The van der Waals surface area contributed by atoms with E-state index in [1.807, 2.05) is 0 Å². The summed E-state index contributed by atoms with van der Waals surface area (Å²) in [5.74, 6) is 1.71. The van der Waals surface area contributed by atoms with Crippen molar-refractivity contribution in [1.29, 1.82) is 0 Å². The van der Waals surface area contributed by atoms with Crippen LogP contribution in [0, 0.1) is 0 Å². The van der Waals surface area contributed by atoms with Gasteiger partial charge in [-0.1, -0.05) is 69.8 Å². The Balaban J connectivity index is 1.53. The Morgan fingerprint density at radius 1 is 0.514 bits per heavy atom. The van der Waals surface area contributed by atoms with Gasteiger partial charge in [0.1, 0.15) is 0 Å². The third kappa shape index (κ3) is 2.90. The van der Waals surface area contributed by atoms with Crippen LogP contribution in [0.15, 0.2) is 109 Å². The van der Waals surface area contributed by atoms with Crippen LogP contribution in [0.1, 0.15) is 47.9 Å². The van der Waals surface area contributed by atoms with E-state index in [2.05, 4.69) is 118 Å². The minimum absolute atomic E-state index is 0.269. The van der Waals surface area contributed by atoms with Gasteiger partial charge in [0.05, 0.1) is 11.1 Å². The summed E-state index contributed by atoms with van der Waals surface area (Å²) in [7, 11) is 0. The van der Waals surface area contributed by atoms with Crippen LogP contribution in [-0.2, 0) is 0 Å². The zero-order valence-electron chi connectivity index (χ0n) is 20.6. The molecule has 4 heteroatoms. The molecular weight excluding hydrogens is 456 g/mol. The molecule has 1 spiro atoms. The van der Waals surface area contributed by atoms with Crippen LogP contribution in [-0.4, -0.2) is 38.7 Å². The van der Waals surface area contributed by atoms with Crippen molar-refractivity contribution in [3.05, 3.63) is 131 Å². The van der Waals surface area contributed by atoms with E-state index in [9.17, 15) is 0 Å². The number of benzene rings is 4. The second-order valence-corrected chi connectivity index (χ2v) is 10.3. The maximum absolute atomic E-state index is 7.09. The van der Waals surface area contributed by atoms with Crippen molar-refractivity contribution in [2.45, 2.75) is 43.8 Å². The molecule has 4 aliphatic rings. The van der Waals surface area contributed by atoms with Crippen LogP contribution in [0.2, 0.25) is 0 Å². The van der Waals surface area contributed by atoms with Crippen molar-refractivity contribution in [3.8, 4) is 11.5 Å². The lowest BCUT2D eigenvalue weighted by Crippen LogP contribution is -2.63. The Kier molecular flexibility index (Phi) is 4.48. The van der Waals surface area contributed by atoms with Gasteiger partial charge in [0, 0.05) is 24.0 Å². The van der Waals surface area contributed by atoms with Gasteiger partial charge in [-0.3, -0.25) is 0 Å². The predicted octanol–water partition coefficient (Wildman–Crippen LogP) is 5.81. The molecule has 2 unspecified atom stereocenters. The highest BCUT2D eigenvalue weighted by Crippen LogP contribution is 2.47. The van der Waals surface area contributed by atoms with Crippen LogP contribution in [0.5, 0.6) is 11.5 Å². The first-order chi connectivity index (χ1) is 18.4. The summed E-state index contributed by atoms with van der Waals surface area (Å²) in [5.41, 5.74) is 6.99. The maximum atomic E-state index is 7.09. The molecule has 4 aromatic rings. The fourth-order valence-electron chi connectivity index (χ4n) is 6.89. The first-order valence-corrected chi connectivity index (χ1v) is 13.4. The molecule has 0 aromatic heterocycles. The van der Waals surface area contributed by atoms with E-state index in [0.717, 1.165) is 35.5 Å². The Bertz CT molecular complexity index is 1470. The van der Waals surface area contributed by atoms with Gasteiger partial charge in [-0.25, -0.2) is 0 Å². The number of para-hydroxylation sites is 2. The summed E-state index contributed by atoms with van der Waals surface area (Å²) in [4.78, 5) is 0.